The Balaban J connectivity index is 1.49. The summed E-state index contributed by atoms with van der Waals surface area (Å²) < 4.78 is 21.7. The first-order valence-corrected chi connectivity index (χ1v) is 16.6. The van der Waals surface area contributed by atoms with Crippen molar-refractivity contribution in [2.45, 2.75) is 44.9 Å². The van der Waals surface area contributed by atoms with E-state index in [1.165, 1.54) is 10.7 Å². The van der Waals surface area contributed by atoms with Gasteiger partial charge in [-0.2, -0.15) is 9.78 Å². The SMILES string of the molecule is C=CCOc1cc(C(=O)N[C@H](Cc2ccc(-c3cccc(Cl)c3)cc2)C[C@@H](O)C(=O)OCOC(=O)C(NC(=O)OC)C(C)C)nn1-c1ccccn1. The normalized spacial score (nSPS) is 12.6. The van der Waals surface area contributed by atoms with E-state index in [0.717, 1.165) is 23.8 Å². The number of benzene rings is 2. The molecular weight excluding hydrogens is 694 g/mol. The van der Waals surface area contributed by atoms with Crippen LogP contribution < -0.4 is 15.4 Å². The lowest BCUT2D eigenvalue weighted by molar-refractivity contribution is -0.175. The lowest BCUT2D eigenvalue weighted by Gasteiger charge is -2.22. The van der Waals surface area contributed by atoms with Gasteiger partial charge in [-0.15, -0.1) is 0 Å². The molecule has 3 N–H and O–H groups in total. The first kappa shape index (κ1) is 39.1. The van der Waals surface area contributed by atoms with Crippen molar-refractivity contribution in [3.8, 4) is 22.8 Å². The Labute approximate surface area is 305 Å². The molecule has 0 fully saturated rings. The van der Waals surface area contributed by atoms with Crippen LogP contribution in [0.25, 0.3) is 16.9 Å². The van der Waals surface area contributed by atoms with Crippen molar-refractivity contribution in [3.63, 3.8) is 0 Å². The van der Waals surface area contributed by atoms with Crippen LogP contribution >= 0.6 is 11.6 Å². The molecule has 0 spiro atoms. The summed E-state index contributed by atoms with van der Waals surface area (Å²) in [5.41, 5.74) is 2.62. The molecule has 15 heteroatoms. The molecule has 0 bridgehead atoms. The minimum atomic E-state index is -1.72. The number of hydrogen-bond acceptors (Lipinski definition) is 11. The van der Waals surface area contributed by atoms with Crippen LogP contribution in [0.5, 0.6) is 5.88 Å². The summed E-state index contributed by atoms with van der Waals surface area (Å²) in [6.45, 7) is 6.34. The van der Waals surface area contributed by atoms with Gasteiger partial charge in [0.05, 0.1) is 7.11 Å². The maximum atomic E-state index is 13.6. The van der Waals surface area contributed by atoms with E-state index in [-0.39, 0.29) is 36.9 Å². The third kappa shape index (κ3) is 11.1. The zero-order valence-electron chi connectivity index (χ0n) is 28.9. The number of alkyl carbamates (subject to hydrolysis) is 1. The second-order valence-corrected chi connectivity index (χ2v) is 12.2. The molecular formula is C37H40ClN5O9. The van der Waals surface area contributed by atoms with Crippen molar-refractivity contribution in [1.82, 2.24) is 25.4 Å². The first-order valence-electron chi connectivity index (χ1n) is 16.3. The molecule has 0 aliphatic heterocycles. The monoisotopic (exact) mass is 733 g/mol. The number of hydrogen-bond donors (Lipinski definition) is 3. The molecule has 4 rings (SSSR count). The van der Waals surface area contributed by atoms with E-state index in [1.807, 2.05) is 42.5 Å². The molecule has 2 heterocycles. The number of carbonyl (C=O) groups is 4. The largest absolute Gasteiger partial charge is 0.473 e. The Morgan fingerprint density at radius 1 is 0.962 bits per heavy atom. The minimum Gasteiger partial charge on any atom is -0.473 e. The summed E-state index contributed by atoms with van der Waals surface area (Å²) in [6, 6.07) is 19.7. The Morgan fingerprint density at radius 2 is 1.71 bits per heavy atom. The zero-order valence-corrected chi connectivity index (χ0v) is 29.6. The lowest BCUT2D eigenvalue weighted by atomic mass is 9.97. The van der Waals surface area contributed by atoms with Crippen LogP contribution in [0.4, 0.5) is 4.79 Å². The van der Waals surface area contributed by atoms with Gasteiger partial charge < -0.3 is 34.7 Å². The second-order valence-electron chi connectivity index (χ2n) is 11.8. The highest BCUT2D eigenvalue weighted by Gasteiger charge is 2.29. The van der Waals surface area contributed by atoms with Gasteiger partial charge in [-0.05, 0) is 53.3 Å². The van der Waals surface area contributed by atoms with Gasteiger partial charge in [-0.25, -0.2) is 19.4 Å². The van der Waals surface area contributed by atoms with E-state index in [0.29, 0.717) is 10.8 Å². The highest BCUT2D eigenvalue weighted by molar-refractivity contribution is 6.30. The van der Waals surface area contributed by atoms with Crippen molar-refractivity contribution >= 4 is 35.5 Å². The van der Waals surface area contributed by atoms with Gasteiger partial charge in [0.25, 0.3) is 5.91 Å². The average Bonchev–Trinajstić information content (AvgIpc) is 3.57. The number of nitrogens with one attached hydrogen (secondary N) is 2. The predicted molar refractivity (Wildman–Crippen MR) is 191 cm³/mol. The fourth-order valence-electron chi connectivity index (χ4n) is 4.98. The van der Waals surface area contributed by atoms with Gasteiger partial charge in [0.15, 0.2) is 17.6 Å². The number of halogens is 1. The topological polar surface area (TPSA) is 180 Å². The van der Waals surface area contributed by atoms with Crippen LogP contribution in [-0.4, -0.2) is 82.5 Å². The first-order chi connectivity index (χ1) is 25.0. The third-order valence-corrected chi connectivity index (χ3v) is 7.85. The molecule has 0 saturated heterocycles. The number of pyridine rings is 1. The van der Waals surface area contributed by atoms with Gasteiger partial charge in [0.1, 0.15) is 12.6 Å². The highest BCUT2D eigenvalue weighted by Crippen LogP contribution is 2.24. The van der Waals surface area contributed by atoms with Crippen LogP contribution in [0.15, 0.2) is 91.6 Å². The van der Waals surface area contributed by atoms with Crippen LogP contribution in [0.2, 0.25) is 5.02 Å². The minimum absolute atomic E-state index is 0.00438. The third-order valence-electron chi connectivity index (χ3n) is 7.62. The van der Waals surface area contributed by atoms with Gasteiger partial charge in [0, 0.05) is 29.7 Å². The maximum Gasteiger partial charge on any atom is 0.407 e. The standard InChI is InChI=1S/C37H40ClN5O9/c1-5-17-50-32-21-29(42-43(32)31-11-6-7-16-39-31)34(45)40-28(18-24-12-14-25(15-13-24)26-9-8-10-27(38)19-26)20-30(44)35(46)51-22-52-36(47)33(23(2)3)41-37(48)49-4/h5-16,19,21,23,28,30,33,44H,1,17-18,20,22H2,2-4H3,(H,40,45)(H,41,48)/t28-,30-,33?/m1/s1. The number of amides is 2. The van der Waals surface area contributed by atoms with Crippen LogP contribution in [-0.2, 0) is 30.2 Å². The molecule has 14 nitrogen and oxygen atoms in total. The summed E-state index contributed by atoms with van der Waals surface area (Å²) in [5.74, 6) is -2.27. The lowest BCUT2D eigenvalue weighted by Crippen LogP contribution is -2.45. The Kier molecular flexibility index (Phi) is 14.3. The van der Waals surface area contributed by atoms with Gasteiger partial charge >= 0.3 is 18.0 Å². The average molecular weight is 734 g/mol. The summed E-state index contributed by atoms with van der Waals surface area (Å²) in [5, 5.41) is 21.1. The number of nitrogens with zero attached hydrogens (tertiary/aromatic N) is 3. The second kappa shape index (κ2) is 19.0. The number of carbonyl (C=O) groups excluding carboxylic acids is 4. The van der Waals surface area contributed by atoms with E-state index < -0.39 is 48.9 Å². The molecule has 0 radical (unpaired) electrons. The van der Waals surface area contributed by atoms with E-state index in [4.69, 9.17) is 25.8 Å². The van der Waals surface area contributed by atoms with Crippen molar-refractivity contribution in [3.05, 3.63) is 108 Å². The highest BCUT2D eigenvalue weighted by atomic mass is 35.5. The number of aliphatic hydroxyl groups excluding tert-OH is 1. The van der Waals surface area contributed by atoms with Gasteiger partial charge in [-0.1, -0.05) is 80.6 Å². The number of rotatable bonds is 17. The van der Waals surface area contributed by atoms with Crippen LogP contribution in [0, 0.1) is 5.92 Å². The van der Waals surface area contributed by atoms with E-state index in [2.05, 4.69) is 32.0 Å². The van der Waals surface area contributed by atoms with Gasteiger partial charge in [0.2, 0.25) is 12.7 Å². The Bertz CT molecular complexity index is 1830. The molecule has 0 aliphatic rings. The van der Waals surface area contributed by atoms with Gasteiger partial charge in [-0.3, -0.25) is 4.79 Å². The summed E-state index contributed by atoms with van der Waals surface area (Å²) in [7, 11) is 1.15. The smallest absolute Gasteiger partial charge is 0.407 e. The number of methoxy groups -OCH3 is 1. The molecule has 274 valence electrons. The molecule has 1 unspecified atom stereocenters. The van der Waals surface area contributed by atoms with Crippen molar-refractivity contribution < 1.29 is 43.2 Å². The quantitative estimate of drug-likeness (QED) is 0.0780. The molecule has 2 aromatic heterocycles. The van der Waals surface area contributed by atoms with E-state index >= 15 is 0 Å². The van der Waals surface area contributed by atoms with Crippen molar-refractivity contribution in [1.29, 1.82) is 0 Å². The maximum absolute atomic E-state index is 13.6. The molecule has 2 amide bonds. The number of aliphatic hydroxyl groups is 1. The van der Waals surface area contributed by atoms with Crippen molar-refractivity contribution in [2.24, 2.45) is 5.92 Å². The summed E-state index contributed by atoms with van der Waals surface area (Å²) in [4.78, 5) is 54.8. The fraction of sp³-hybridized carbons (Fsp3) is 0.297. The molecule has 0 aliphatic carbocycles. The van der Waals surface area contributed by atoms with Crippen LogP contribution in [0.1, 0.15) is 36.3 Å². The molecule has 2 aromatic carbocycles. The number of ether oxygens (including phenoxy) is 4. The zero-order chi connectivity index (χ0) is 37.6. The number of aromatic nitrogens is 3. The van der Waals surface area contributed by atoms with E-state index in [1.54, 1.807) is 50.4 Å². The fourth-order valence-corrected chi connectivity index (χ4v) is 5.17. The van der Waals surface area contributed by atoms with Crippen LogP contribution in [0.3, 0.4) is 0 Å². The summed E-state index contributed by atoms with van der Waals surface area (Å²) >= 11 is 6.17. The van der Waals surface area contributed by atoms with Crippen molar-refractivity contribution in [2.75, 3.05) is 20.5 Å². The molecule has 4 aromatic rings. The molecule has 0 saturated carbocycles. The molecule has 52 heavy (non-hydrogen) atoms. The van der Waals surface area contributed by atoms with E-state index in [9.17, 15) is 24.3 Å². The Hall–Kier alpha value is -5.73. The molecule has 3 atom stereocenters. The predicted octanol–water partition coefficient (Wildman–Crippen LogP) is 4.67. The number of esters is 2. The Morgan fingerprint density at radius 3 is 2.37 bits per heavy atom. The summed E-state index contributed by atoms with van der Waals surface area (Å²) in [6.07, 6.45) is 0.503.